The van der Waals surface area contributed by atoms with Crippen LogP contribution in [0.2, 0.25) is 0 Å². The largest absolute Gasteiger partial charge is 0.480 e. The van der Waals surface area contributed by atoms with Gasteiger partial charge < -0.3 is 15.2 Å². The molecule has 3 rings (SSSR count). The minimum absolute atomic E-state index is 0.129. The SMILES string of the molecule is COCC(NC(=O)C12CCC(=O)N1c1ccccc1S2)C(=O)O. The summed E-state index contributed by atoms with van der Waals surface area (Å²) in [6.07, 6.45) is 0.604. The number of carboxylic acid groups (broad SMARTS) is 1. The van der Waals surface area contributed by atoms with E-state index in [9.17, 15) is 19.5 Å². The van der Waals surface area contributed by atoms with Gasteiger partial charge in [0.25, 0.3) is 5.91 Å². The molecule has 23 heavy (non-hydrogen) atoms. The number of thioether (sulfide) groups is 1. The summed E-state index contributed by atoms with van der Waals surface area (Å²) in [5.74, 6) is -1.78. The number of amides is 2. The van der Waals surface area contributed by atoms with Crippen LogP contribution < -0.4 is 10.2 Å². The lowest BCUT2D eigenvalue weighted by Crippen LogP contribution is -2.57. The van der Waals surface area contributed by atoms with E-state index in [-0.39, 0.29) is 18.9 Å². The second-order valence-corrected chi connectivity index (χ2v) is 6.72. The number of para-hydroxylation sites is 1. The van der Waals surface area contributed by atoms with Crippen LogP contribution in [0.15, 0.2) is 29.2 Å². The first-order valence-electron chi connectivity index (χ1n) is 7.13. The van der Waals surface area contributed by atoms with Gasteiger partial charge in [-0.05, 0) is 18.6 Å². The van der Waals surface area contributed by atoms with E-state index in [0.29, 0.717) is 12.1 Å². The number of carbonyl (C=O) groups excluding carboxylic acids is 2. The Morgan fingerprint density at radius 1 is 1.48 bits per heavy atom. The number of fused-ring (bicyclic) bond motifs is 3. The fourth-order valence-electron chi connectivity index (χ4n) is 2.91. The quantitative estimate of drug-likeness (QED) is 0.827. The highest BCUT2D eigenvalue weighted by molar-refractivity contribution is 8.02. The molecule has 2 aliphatic heterocycles. The smallest absolute Gasteiger partial charge is 0.328 e. The number of anilines is 1. The molecule has 2 aliphatic rings. The van der Waals surface area contributed by atoms with E-state index in [1.54, 1.807) is 6.07 Å². The Morgan fingerprint density at radius 3 is 2.91 bits per heavy atom. The zero-order valence-electron chi connectivity index (χ0n) is 12.4. The summed E-state index contributed by atoms with van der Waals surface area (Å²) in [5, 5.41) is 11.7. The Bertz CT molecular complexity index is 680. The highest BCUT2D eigenvalue weighted by atomic mass is 32.2. The first kappa shape index (κ1) is 15.8. The van der Waals surface area contributed by atoms with Crippen molar-refractivity contribution in [2.24, 2.45) is 0 Å². The summed E-state index contributed by atoms with van der Waals surface area (Å²) in [6.45, 7) is -0.136. The van der Waals surface area contributed by atoms with E-state index >= 15 is 0 Å². The van der Waals surface area contributed by atoms with Gasteiger partial charge in [0.05, 0.1) is 12.3 Å². The Balaban J connectivity index is 1.90. The molecule has 8 heteroatoms. The molecule has 2 heterocycles. The number of hydrogen-bond donors (Lipinski definition) is 2. The molecular weight excluding hydrogens is 320 g/mol. The molecule has 122 valence electrons. The van der Waals surface area contributed by atoms with Crippen molar-refractivity contribution in [1.82, 2.24) is 5.32 Å². The van der Waals surface area contributed by atoms with Gasteiger partial charge in [-0.1, -0.05) is 23.9 Å². The van der Waals surface area contributed by atoms with Gasteiger partial charge in [0, 0.05) is 18.4 Å². The van der Waals surface area contributed by atoms with Crippen molar-refractivity contribution in [1.29, 1.82) is 0 Å². The van der Waals surface area contributed by atoms with Gasteiger partial charge in [0.15, 0.2) is 10.9 Å². The maximum Gasteiger partial charge on any atom is 0.328 e. The first-order chi connectivity index (χ1) is 11.0. The monoisotopic (exact) mass is 336 g/mol. The fourth-order valence-corrected chi connectivity index (χ4v) is 4.33. The molecule has 0 aromatic heterocycles. The summed E-state index contributed by atoms with van der Waals surface area (Å²) < 4.78 is 4.84. The number of methoxy groups -OCH3 is 1. The first-order valence-corrected chi connectivity index (χ1v) is 7.95. The molecule has 0 bridgehead atoms. The zero-order chi connectivity index (χ0) is 16.6. The number of hydrogen-bond acceptors (Lipinski definition) is 5. The van der Waals surface area contributed by atoms with Crippen molar-refractivity contribution in [3.63, 3.8) is 0 Å². The minimum atomic E-state index is -1.17. The van der Waals surface area contributed by atoms with Gasteiger partial charge in [0.1, 0.15) is 0 Å². The molecule has 1 saturated heterocycles. The number of rotatable bonds is 5. The van der Waals surface area contributed by atoms with Crippen molar-refractivity contribution in [2.45, 2.75) is 28.6 Å². The molecule has 2 atom stereocenters. The van der Waals surface area contributed by atoms with Crippen molar-refractivity contribution in [3.8, 4) is 0 Å². The molecule has 2 amide bonds. The highest BCUT2D eigenvalue weighted by Crippen LogP contribution is 2.55. The van der Waals surface area contributed by atoms with Gasteiger partial charge in [0.2, 0.25) is 5.91 Å². The number of ether oxygens (including phenoxy) is 1. The van der Waals surface area contributed by atoms with Crippen LogP contribution in [0.4, 0.5) is 5.69 Å². The van der Waals surface area contributed by atoms with Crippen LogP contribution in [-0.4, -0.2) is 47.5 Å². The van der Waals surface area contributed by atoms with Gasteiger partial charge >= 0.3 is 5.97 Å². The molecule has 2 N–H and O–H groups in total. The van der Waals surface area contributed by atoms with Crippen LogP contribution >= 0.6 is 11.8 Å². The number of nitrogens with one attached hydrogen (secondary N) is 1. The predicted molar refractivity (Wildman–Crippen MR) is 83.2 cm³/mol. The summed E-state index contributed by atoms with van der Waals surface area (Å²) in [5.41, 5.74) is 0.703. The van der Waals surface area contributed by atoms with Crippen molar-refractivity contribution < 1.29 is 24.2 Å². The molecule has 0 spiro atoms. The maximum absolute atomic E-state index is 12.8. The molecule has 1 aromatic rings. The van der Waals surface area contributed by atoms with Crippen LogP contribution in [0, 0.1) is 0 Å². The standard InChI is InChI=1S/C15H16N2O5S/c1-22-8-9(13(19)20)16-14(21)15-7-6-12(18)17(15)10-4-2-3-5-11(10)23-15/h2-5,9H,6-8H2,1H3,(H,16,21)(H,19,20). The van der Waals surface area contributed by atoms with E-state index in [1.807, 2.05) is 18.2 Å². The Kier molecular flexibility index (Phi) is 4.03. The molecule has 1 fully saturated rings. The average molecular weight is 336 g/mol. The lowest BCUT2D eigenvalue weighted by molar-refractivity contribution is -0.143. The van der Waals surface area contributed by atoms with Crippen LogP contribution in [0.1, 0.15) is 12.8 Å². The van der Waals surface area contributed by atoms with E-state index in [0.717, 1.165) is 4.90 Å². The number of carboxylic acids is 1. The number of carbonyl (C=O) groups is 3. The fraction of sp³-hybridized carbons (Fsp3) is 0.400. The number of benzene rings is 1. The normalized spacial score (nSPS) is 23.3. The number of nitrogens with zero attached hydrogens (tertiary/aromatic N) is 1. The molecule has 7 nitrogen and oxygen atoms in total. The van der Waals surface area contributed by atoms with Crippen LogP contribution in [0.3, 0.4) is 0 Å². The topological polar surface area (TPSA) is 95.9 Å². The van der Waals surface area contributed by atoms with Gasteiger partial charge in [-0.15, -0.1) is 0 Å². The Hall–Kier alpha value is -2.06. The van der Waals surface area contributed by atoms with Gasteiger partial charge in [-0.3, -0.25) is 14.5 Å². The summed E-state index contributed by atoms with van der Waals surface area (Å²) >= 11 is 1.30. The highest BCUT2D eigenvalue weighted by Gasteiger charge is 2.57. The second-order valence-electron chi connectivity index (χ2n) is 5.40. The minimum Gasteiger partial charge on any atom is -0.480 e. The van der Waals surface area contributed by atoms with Gasteiger partial charge in [-0.25, -0.2) is 4.79 Å². The van der Waals surface area contributed by atoms with Crippen molar-refractivity contribution in [2.75, 3.05) is 18.6 Å². The summed E-state index contributed by atoms with van der Waals surface area (Å²) in [6, 6.07) is 6.15. The molecule has 1 aromatic carbocycles. The third-order valence-corrected chi connectivity index (χ3v) is 5.44. The van der Waals surface area contributed by atoms with Crippen LogP contribution in [0.5, 0.6) is 0 Å². The maximum atomic E-state index is 12.8. The van der Waals surface area contributed by atoms with Crippen LogP contribution in [0.25, 0.3) is 0 Å². The van der Waals surface area contributed by atoms with E-state index in [1.165, 1.54) is 23.8 Å². The van der Waals surface area contributed by atoms with Gasteiger partial charge in [-0.2, -0.15) is 0 Å². The molecular formula is C15H16N2O5S. The van der Waals surface area contributed by atoms with Crippen molar-refractivity contribution in [3.05, 3.63) is 24.3 Å². The molecule has 0 saturated carbocycles. The number of aliphatic carboxylic acids is 1. The van der Waals surface area contributed by atoms with E-state index in [4.69, 9.17) is 4.74 Å². The van der Waals surface area contributed by atoms with E-state index in [2.05, 4.69) is 5.32 Å². The lowest BCUT2D eigenvalue weighted by atomic mass is 10.1. The van der Waals surface area contributed by atoms with Crippen LogP contribution in [-0.2, 0) is 19.1 Å². The molecule has 2 unspecified atom stereocenters. The second kappa shape index (κ2) is 5.86. The lowest BCUT2D eigenvalue weighted by Gasteiger charge is -2.30. The summed E-state index contributed by atoms with van der Waals surface area (Å²) in [7, 11) is 1.37. The third-order valence-electron chi connectivity index (χ3n) is 3.96. The van der Waals surface area contributed by atoms with E-state index < -0.39 is 22.8 Å². The Labute approximate surface area is 137 Å². The average Bonchev–Trinajstić information content (AvgIpc) is 3.03. The summed E-state index contributed by atoms with van der Waals surface area (Å²) in [4.78, 5) is 37.5. The third kappa shape index (κ3) is 2.47. The predicted octanol–water partition coefficient (Wildman–Crippen LogP) is 0.831. The van der Waals surface area contributed by atoms with Crippen molar-refractivity contribution >= 4 is 35.2 Å². The Morgan fingerprint density at radius 2 is 2.22 bits per heavy atom. The zero-order valence-corrected chi connectivity index (χ0v) is 13.3. The molecule has 0 aliphatic carbocycles. The molecule has 0 radical (unpaired) electrons.